The second-order valence-electron chi connectivity index (χ2n) is 8.18. The van der Waals surface area contributed by atoms with Crippen molar-refractivity contribution in [1.29, 1.82) is 5.26 Å². The molecule has 1 aliphatic heterocycles. The summed E-state index contributed by atoms with van der Waals surface area (Å²) in [7, 11) is 0. The smallest absolute Gasteiger partial charge is 0.304 e. The van der Waals surface area contributed by atoms with Crippen LogP contribution in [0.15, 0.2) is 48.5 Å². The van der Waals surface area contributed by atoms with E-state index in [2.05, 4.69) is 39.9 Å². The molecule has 7 heteroatoms. The Hall–Kier alpha value is -3.65. The molecule has 172 valence electrons. The second-order valence-corrected chi connectivity index (χ2v) is 9.27. The highest BCUT2D eigenvalue weighted by atomic mass is 32.1. The molecule has 2 aromatic carbocycles. The van der Waals surface area contributed by atoms with Crippen molar-refractivity contribution in [2.45, 2.75) is 45.4 Å². The maximum absolute atomic E-state index is 11.1. The first-order valence-electron chi connectivity index (χ1n) is 11.1. The van der Waals surface area contributed by atoms with Gasteiger partial charge in [-0.15, -0.1) is 17.3 Å². The SMILES string of the molecule is CC#CC(CC(=O)O)c1ccc(OCc2cccc(CN3CCc4nc(C#N)sc4C3)c2)cc1. The fourth-order valence-electron chi connectivity index (χ4n) is 4.07. The predicted octanol–water partition coefficient (Wildman–Crippen LogP) is 4.73. The molecule has 4 rings (SSSR count). The zero-order valence-electron chi connectivity index (χ0n) is 19.0. The number of hydrogen-bond donors (Lipinski definition) is 1. The summed E-state index contributed by atoms with van der Waals surface area (Å²) in [6.07, 6.45) is 0.859. The van der Waals surface area contributed by atoms with Crippen molar-refractivity contribution < 1.29 is 14.6 Å². The van der Waals surface area contributed by atoms with E-state index in [0.29, 0.717) is 11.6 Å². The minimum atomic E-state index is -0.864. The van der Waals surface area contributed by atoms with Gasteiger partial charge in [-0.1, -0.05) is 42.3 Å². The Bertz CT molecular complexity index is 1260. The van der Waals surface area contributed by atoms with E-state index in [1.807, 2.05) is 36.4 Å². The first kappa shape index (κ1) is 23.5. The van der Waals surface area contributed by atoms with Crippen molar-refractivity contribution in [1.82, 2.24) is 9.88 Å². The van der Waals surface area contributed by atoms with E-state index in [9.17, 15) is 4.79 Å². The number of carbonyl (C=O) groups is 1. The molecular formula is C27H25N3O3S. The molecular weight excluding hydrogens is 446 g/mol. The Kier molecular flexibility index (Phi) is 7.59. The van der Waals surface area contributed by atoms with E-state index < -0.39 is 5.97 Å². The third-order valence-corrected chi connectivity index (χ3v) is 6.68. The predicted molar refractivity (Wildman–Crippen MR) is 130 cm³/mol. The number of hydrogen-bond acceptors (Lipinski definition) is 6. The fraction of sp³-hybridized carbons (Fsp3) is 0.296. The standard InChI is InChI=1S/C27H25N3O3S/c1-2-4-22(14-27(31)32)21-7-9-23(10-8-21)33-18-20-6-3-5-19(13-20)16-30-12-11-24-25(17-30)34-26(15-28)29-24/h3,5-10,13,22H,11-12,14,16-18H2,1H3,(H,31,32). The molecule has 0 aliphatic carbocycles. The number of benzene rings is 2. The summed E-state index contributed by atoms with van der Waals surface area (Å²) in [5, 5.41) is 18.7. The summed E-state index contributed by atoms with van der Waals surface area (Å²) >= 11 is 1.50. The topological polar surface area (TPSA) is 86.5 Å². The maximum Gasteiger partial charge on any atom is 0.304 e. The van der Waals surface area contributed by atoms with Crippen molar-refractivity contribution in [2.24, 2.45) is 0 Å². The maximum atomic E-state index is 11.1. The minimum absolute atomic E-state index is 0.0192. The third-order valence-electron chi connectivity index (χ3n) is 5.69. The molecule has 1 aromatic heterocycles. The number of fused-ring (bicyclic) bond motifs is 1. The number of carboxylic acids is 1. The molecule has 0 bridgehead atoms. The number of ether oxygens (including phenoxy) is 1. The summed E-state index contributed by atoms with van der Waals surface area (Å²) in [6, 6.07) is 18.0. The van der Waals surface area contributed by atoms with E-state index in [4.69, 9.17) is 15.1 Å². The first-order chi connectivity index (χ1) is 16.5. The van der Waals surface area contributed by atoms with Crippen molar-refractivity contribution in [3.63, 3.8) is 0 Å². The highest BCUT2D eigenvalue weighted by Gasteiger charge is 2.21. The van der Waals surface area contributed by atoms with Crippen molar-refractivity contribution in [3.05, 3.63) is 80.8 Å². The molecule has 0 radical (unpaired) electrons. The summed E-state index contributed by atoms with van der Waals surface area (Å²) in [5.41, 5.74) is 4.25. The molecule has 0 spiro atoms. The van der Waals surface area contributed by atoms with Crippen molar-refractivity contribution in [2.75, 3.05) is 6.54 Å². The lowest BCUT2D eigenvalue weighted by Gasteiger charge is -2.26. The molecule has 1 aliphatic rings. The van der Waals surface area contributed by atoms with Crippen LogP contribution in [0.25, 0.3) is 0 Å². The molecule has 1 unspecified atom stereocenters. The van der Waals surface area contributed by atoms with Gasteiger partial charge in [-0.3, -0.25) is 9.69 Å². The molecule has 1 atom stereocenters. The summed E-state index contributed by atoms with van der Waals surface area (Å²) in [6.45, 7) is 4.76. The van der Waals surface area contributed by atoms with Crippen LogP contribution in [-0.4, -0.2) is 27.5 Å². The Morgan fingerprint density at radius 1 is 1.26 bits per heavy atom. The van der Waals surface area contributed by atoms with Gasteiger partial charge in [0.05, 0.1) is 18.0 Å². The lowest BCUT2D eigenvalue weighted by molar-refractivity contribution is -0.137. The molecule has 0 amide bonds. The minimum Gasteiger partial charge on any atom is -0.489 e. The van der Waals surface area contributed by atoms with Gasteiger partial charge in [0, 0.05) is 30.9 Å². The van der Waals surface area contributed by atoms with E-state index in [-0.39, 0.29) is 12.3 Å². The van der Waals surface area contributed by atoms with E-state index in [1.165, 1.54) is 21.8 Å². The van der Waals surface area contributed by atoms with Crippen LogP contribution in [0.5, 0.6) is 5.75 Å². The van der Waals surface area contributed by atoms with Gasteiger partial charge in [0.25, 0.3) is 0 Å². The van der Waals surface area contributed by atoms with Gasteiger partial charge in [-0.05, 0) is 35.7 Å². The van der Waals surface area contributed by atoms with Crippen molar-refractivity contribution >= 4 is 17.3 Å². The number of rotatable bonds is 8. The van der Waals surface area contributed by atoms with Gasteiger partial charge < -0.3 is 9.84 Å². The van der Waals surface area contributed by atoms with Gasteiger partial charge in [-0.2, -0.15) is 5.26 Å². The zero-order valence-corrected chi connectivity index (χ0v) is 19.8. The molecule has 1 N–H and O–H groups in total. The van der Waals surface area contributed by atoms with Gasteiger partial charge in [0.2, 0.25) is 0 Å². The molecule has 0 fully saturated rings. The zero-order chi connectivity index (χ0) is 23.9. The lowest BCUT2D eigenvalue weighted by Crippen LogP contribution is -2.29. The average Bonchev–Trinajstić information content (AvgIpc) is 3.25. The third kappa shape index (κ3) is 6.02. The number of aromatic nitrogens is 1. The van der Waals surface area contributed by atoms with E-state index in [1.54, 1.807) is 6.92 Å². The first-order valence-corrected chi connectivity index (χ1v) is 11.9. The van der Waals surface area contributed by atoms with Gasteiger partial charge in [-0.25, -0.2) is 4.98 Å². The van der Waals surface area contributed by atoms with Crippen LogP contribution in [0.3, 0.4) is 0 Å². The van der Waals surface area contributed by atoms with Crippen LogP contribution in [0.2, 0.25) is 0 Å². The van der Waals surface area contributed by atoms with Gasteiger partial charge in [0.15, 0.2) is 5.01 Å². The number of nitrogens with zero attached hydrogens (tertiary/aromatic N) is 3. The highest BCUT2D eigenvalue weighted by Crippen LogP contribution is 2.26. The Balaban J connectivity index is 1.34. The molecule has 0 saturated carbocycles. The Morgan fingerprint density at radius 3 is 2.79 bits per heavy atom. The number of aliphatic carboxylic acids is 1. The molecule has 2 heterocycles. The molecule has 34 heavy (non-hydrogen) atoms. The van der Waals surface area contributed by atoms with Crippen LogP contribution in [0, 0.1) is 23.2 Å². The molecule has 6 nitrogen and oxygen atoms in total. The summed E-state index contributed by atoms with van der Waals surface area (Å²) in [4.78, 5) is 19.1. The quantitative estimate of drug-likeness (QED) is 0.478. The number of thiazole rings is 1. The van der Waals surface area contributed by atoms with Crippen LogP contribution in [0.1, 0.15) is 51.5 Å². The highest BCUT2D eigenvalue weighted by molar-refractivity contribution is 7.12. The van der Waals surface area contributed by atoms with Crippen LogP contribution in [0.4, 0.5) is 0 Å². The number of nitriles is 1. The Labute approximate surface area is 203 Å². The van der Waals surface area contributed by atoms with Gasteiger partial charge >= 0.3 is 5.97 Å². The van der Waals surface area contributed by atoms with Crippen LogP contribution in [-0.2, 0) is 30.9 Å². The number of carboxylic acid groups (broad SMARTS) is 1. The molecule has 3 aromatic rings. The van der Waals surface area contributed by atoms with Crippen LogP contribution < -0.4 is 4.74 Å². The largest absolute Gasteiger partial charge is 0.489 e. The normalized spacial score (nSPS) is 13.8. The summed E-state index contributed by atoms with van der Waals surface area (Å²) in [5.74, 6) is 5.32. The van der Waals surface area contributed by atoms with E-state index in [0.717, 1.165) is 48.6 Å². The van der Waals surface area contributed by atoms with E-state index >= 15 is 0 Å². The van der Waals surface area contributed by atoms with Crippen molar-refractivity contribution in [3.8, 4) is 23.7 Å². The fourth-order valence-corrected chi connectivity index (χ4v) is 5.02. The monoisotopic (exact) mass is 471 g/mol. The average molecular weight is 472 g/mol. The lowest BCUT2D eigenvalue weighted by atomic mass is 9.96. The Morgan fingerprint density at radius 2 is 2.06 bits per heavy atom. The van der Waals surface area contributed by atoms with Gasteiger partial charge in [0.1, 0.15) is 18.4 Å². The molecule has 0 saturated heterocycles. The summed E-state index contributed by atoms with van der Waals surface area (Å²) < 4.78 is 5.97. The van der Waals surface area contributed by atoms with Crippen LogP contribution >= 0.6 is 11.3 Å². The second kappa shape index (κ2) is 11.0.